The highest BCUT2D eigenvalue weighted by atomic mass is 32.2. The van der Waals surface area contributed by atoms with Crippen molar-refractivity contribution in [1.29, 1.82) is 0 Å². The Balaban J connectivity index is 1.35. The first kappa shape index (κ1) is 34.6. The van der Waals surface area contributed by atoms with E-state index in [1.54, 1.807) is 19.1 Å². The van der Waals surface area contributed by atoms with Crippen LogP contribution in [-0.2, 0) is 25.7 Å². The summed E-state index contributed by atoms with van der Waals surface area (Å²) >= 11 is 2.02. The maximum atomic E-state index is 14.2. The van der Waals surface area contributed by atoms with Crippen molar-refractivity contribution in [2.24, 2.45) is 5.92 Å². The Morgan fingerprint density at radius 1 is 0.920 bits per heavy atom. The summed E-state index contributed by atoms with van der Waals surface area (Å²) in [7, 11) is 0. The highest BCUT2D eigenvalue weighted by molar-refractivity contribution is 8.00. The summed E-state index contributed by atoms with van der Waals surface area (Å²) < 4.78 is 6.33. The van der Waals surface area contributed by atoms with E-state index in [9.17, 15) is 34.1 Å². The Morgan fingerprint density at radius 2 is 1.58 bits per heavy atom. The Hall–Kier alpha value is -5.28. The Labute approximate surface area is 295 Å². The van der Waals surface area contributed by atoms with Crippen LogP contribution in [0.15, 0.2) is 82.6 Å². The molecule has 0 aliphatic carbocycles. The largest absolute Gasteiger partial charge is 0.462 e. The van der Waals surface area contributed by atoms with Crippen molar-refractivity contribution in [2.45, 2.75) is 43.5 Å². The predicted molar refractivity (Wildman–Crippen MR) is 190 cm³/mol. The molecule has 3 amide bonds. The van der Waals surface area contributed by atoms with Crippen LogP contribution in [0.4, 0.5) is 22.7 Å². The molecule has 3 atom stereocenters. The van der Waals surface area contributed by atoms with Crippen molar-refractivity contribution in [3.8, 4) is 0 Å². The molecule has 13 nitrogen and oxygen atoms in total. The molecule has 0 unspecified atom stereocenters. The quantitative estimate of drug-likeness (QED) is 0.0937. The van der Waals surface area contributed by atoms with Gasteiger partial charge in [-0.05, 0) is 74.9 Å². The number of thioether (sulfide) groups is 1. The molecule has 2 aliphatic heterocycles. The molecular weight excluding hydrogens is 683 g/mol. The molecule has 50 heavy (non-hydrogen) atoms. The van der Waals surface area contributed by atoms with Crippen LogP contribution in [0.5, 0.6) is 0 Å². The number of aromatic nitrogens is 1. The van der Waals surface area contributed by atoms with Gasteiger partial charge in [0, 0.05) is 47.4 Å². The van der Waals surface area contributed by atoms with Gasteiger partial charge in [0.15, 0.2) is 0 Å². The van der Waals surface area contributed by atoms with Crippen LogP contribution in [-0.4, -0.2) is 58.1 Å². The molecule has 0 radical (unpaired) electrons. The number of nitrogens with zero attached hydrogens (tertiary/aromatic N) is 4. The van der Waals surface area contributed by atoms with Gasteiger partial charge in [-0.1, -0.05) is 35.2 Å². The molecule has 2 aliphatic rings. The number of esters is 1. The maximum Gasteiger partial charge on any atom is 0.338 e. The van der Waals surface area contributed by atoms with E-state index in [0.717, 1.165) is 52.3 Å². The smallest absolute Gasteiger partial charge is 0.338 e. The number of amides is 3. The number of carbonyl (C=O) groups is 4. The summed E-state index contributed by atoms with van der Waals surface area (Å²) in [5, 5.41) is 13.5. The molecule has 15 heteroatoms. The van der Waals surface area contributed by atoms with Crippen molar-refractivity contribution in [3.63, 3.8) is 0 Å². The summed E-state index contributed by atoms with van der Waals surface area (Å²) in [6.45, 7) is 7.28. The molecule has 3 heterocycles. The van der Waals surface area contributed by atoms with Crippen LogP contribution in [0.1, 0.15) is 47.5 Å². The summed E-state index contributed by atoms with van der Waals surface area (Å²) in [4.78, 5) is 81.1. The van der Waals surface area contributed by atoms with Crippen LogP contribution in [0.3, 0.4) is 0 Å². The van der Waals surface area contributed by atoms with Crippen LogP contribution in [0.2, 0.25) is 0 Å². The van der Waals surface area contributed by atoms with Gasteiger partial charge in [0.2, 0.25) is 17.7 Å². The number of nitro groups is 1. The summed E-state index contributed by atoms with van der Waals surface area (Å²) in [6, 6.07) is 19.1. The van der Waals surface area contributed by atoms with Gasteiger partial charge in [-0.3, -0.25) is 33.9 Å². The van der Waals surface area contributed by atoms with E-state index in [0.29, 0.717) is 21.2 Å². The highest BCUT2D eigenvalue weighted by Crippen LogP contribution is 2.54. The lowest BCUT2D eigenvalue weighted by Gasteiger charge is -2.31. The average molecular weight is 716 g/mol. The first-order valence-electron chi connectivity index (χ1n) is 16.0. The number of nitrogens with one attached hydrogen (secondary N) is 1. The van der Waals surface area contributed by atoms with Crippen molar-refractivity contribution < 1.29 is 28.8 Å². The molecule has 1 N–H and O–H groups in total. The Morgan fingerprint density at radius 3 is 2.18 bits per heavy atom. The SMILES string of the molecule is CCOC(=O)c1ccc(NC(=O)Cn2c3c(sc2=O)[C@@H](c2ccc(N(CC)CC)cc2)[C@@H]2C(=O)N(c4ccc([N+](=O)[O-])cc4)C(=O)[C@@H]2S3)cc1. The van der Waals surface area contributed by atoms with Gasteiger partial charge in [-0.25, -0.2) is 9.69 Å². The number of non-ortho nitro benzene ring substituents is 1. The molecule has 1 aromatic heterocycles. The number of anilines is 3. The fourth-order valence-electron chi connectivity index (χ4n) is 6.32. The standard InChI is InChI=1S/C35H33N5O8S2/c1-4-37(5-2)23-13-9-20(10-14-23)27-28-29(32(43)39(31(28)42)24-15-17-25(18-16-24)40(46)47)49-33-30(27)50-35(45)38(33)19-26(41)36-22-11-7-21(8-12-22)34(44)48-6-3/h7-18,27-29H,4-6,19H2,1-3H3,(H,36,41)/t27-,28-,29+/m0/s1. The molecular formula is C35H33N5O8S2. The number of carbonyl (C=O) groups excluding carboxylic acids is 4. The monoisotopic (exact) mass is 715 g/mol. The fraction of sp³-hybridized carbons (Fsp3) is 0.286. The molecule has 0 saturated carbocycles. The molecule has 3 aromatic carbocycles. The number of ether oxygens (including phenoxy) is 1. The zero-order chi connectivity index (χ0) is 35.7. The van der Waals surface area contributed by atoms with E-state index < -0.39 is 50.6 Å². The number of benzene rings is 3. The minimum absolute atomic E-state index is 0.176. The Kier molecular flexibility index (Phi) is 9.88. The lowest BCUT2D eigenvalue weighted by Crippen LogP contribution is -2.33. The minimum atomic E-state index is -0.920. The topological polar surface area (TPSA) is 161 Å². The molecule has 6 rings (SSSR count). The van der Waals surface area contributed by atoms with Crippen LogP contribution in [0, 0.1) is 16.0 Å². The molecule has 0 bridgehead atoms. The van der Waals surface area contributed by atoms with E-state index in [2.05, 4.69) is 24.1 Å². The molecule has 1 saturated heterocycles. The number of rotatable bonds is 11. The number of thiazole rings is 1. The van der Waals surface area contributed by atoms with Crippen LogP contribution in [0.25, 0.3) is 0 Å². The Bertz CT molecular complexity index is 2020. The summed E-state index contributed by atoms with van der Waals surface area (Å²) in [5.74, 6) is -3.50. The van der Waals surface area contributed by atoms with Gasteiger partial charge in [0.1, 0.15) is 11.8 Å². The normalized spacial score (nSPS) is 18.0. The van der Waals surface area contributed by atoms with Gasteiger partial charge >= 0.3 is 10.8 Å². The molecule has 4 aromatic rings. The van der Waals surface area contributed by atoms with Crippen molar-refractivity contribution >= 4 is 69.5 Å². The predicted octanol–water partition coefficient (Wildman–Crippen LogP) is 5.28. The van der Waals surface area contributed by atoms with Gasteiger partial charge in [-0.15, -0.1) is 0 Å². The summed E-state index contributed by atoms with van der Waals surface area (Å²) in [5.41, 5.74) is 2.50. The maximum absolute atomic E-state index is 14.2. The third kappa shape index (κ3) is 6.41. The van der Waals surface area contributed by atoms with Gasteiger partial charge in [-0.2, -0.15) is 0 Å². The van der Waals surface area contributed by atoms with E-state index in [1.807, 2.05) is 24.3 Å². The number of nitro benzene ring substituents is 1. The number of hydrogen-bond acceptors (Lipinski definition) is 11. The van der Waals surface area contributed by atoms with E-state index in [4.69, 9.17) is 4.74 Å². The zero-order valence-electron chi connectivity index (χ0n) is 27.4. The number of hydrogen-bond donors (Lipinski definition) is 1. The van der Waals surface area contributed by atoms with Crippen molar-refractivity contribution in [2.75, 3.05) is 34.8 Å². The molecule has 258 valence electrons. The van der Waals surface area contributed by atoms with Crippen molar-refractivity contribution in [1.82, 2.24) is 4.57 Å². The van der Waals surface area contributed by atoms with E-state index in [-0.39, 0.29) is 24.5 Å². The zero-order valence-corrected chi connectivity index (χ0v) is 29.0. The number of imide groups is 1. The van der Waals surface area contributed by atoms with Gasteiger partial charge in [0.05, 0.1) is 33.7 Å². The van der Waals surface area contributed by atoms with Crippen LogP contribution >= 0.6 is 23.1 Å². The third-order valence-corrected chi connectivity index (χ3v) is 11.3. The first-order chi connectivity index (χ1) is 24.1. The van der Waals surface area contributed by atoms with Crippen molar-refractivity contribution in [3.05, 3.63) is 109 Å². The highest BCUT2D eigenvalue weighted by Gasteiger charge is 2.57. The molecule has 1 fully saturated rings. The van der Waals surface area contributed by atoms with Crippen LogP contribution < -0.4 is 20.0 Å². The number of fused-ring (bicyclic) bond motifs is 2. The second kappa shape index (κ2) is 14.3. The second-order valence-electron chi connectivity index (χ2n) is 11.6. The second-order valence-corrected chi connectivity index (χ2v) is 13.7. The summed E-state index contributed by atoms with van der Waals surface area (Å²) in [6.07, 6.45) is 0. The van der Waals surface area contributed by atoms with E-state index >= 15 is 0 Å². The molecule has 0 spiro atoms. The fourth-order valence-corrected chi connectivity index (χ4v) is 9.09. The first-order valence-corrected chi connectivity index (χ1v) is 17.7. The van der Waals surface area contributed by atoms with E-state index in [1.165, 1.54) is 41.0 Å². The minimum Gasteiger partial charge on any atom is -0.462 e. The lowest BCUT2D eigenvalue weighted by atomic mass is 9.83. The average Bonchev–Trinajstić information content (AvgIpc) is 3.55. The lowest BCUT2D eigenvalue weighted by molar-refractivity contribution is -0.384. The third-order valence-electron chi connectivity index (χ3n) is 8.73. The van der Waals surface area contributed by atoms with Gasteiger partial charge < -0.3 is 15.0 Å². The van der Waals surface area contributed by atoms with Gasteiger partial charge in [0.25, 0.3) is 5.69 Å².